The molecule has 1 fully saturated rings. The molecule has 0 saturated carbocycles. The molecule has 1 amide bonds. The predicted octanol–water partition coefficient (Wildman–Crippen LogP) is 5.06. The molecule has 1 heterocycles. The molecule has 4 nitrogen and oxygen atoms in total. The van der Waals surface area contributed by atoms with Crippen LogP contribution in [0.1, 0.15) is 31.1 Å². The average Bonchev–Trinajstić information content (AvgIpc) is 2.96. The van der Waals surface area contributed by atoms with Gasteiger partial charge in [0.25, 0.3) is 5.91 Å². The molecular weight excluding hydrogens is 378 g/mol. The number of benzene rings is 2. The standard InChI is InChI=1S/C21H21NO3S2/c1-4-22-20(23)19(27-21(22)26)13-15-10-11-17(18(12-15)24-3)25-14(2)16-8-6-5-7-9-16/h5-14H,4H2,1-3H3. The van der Waals surface area contributed by atoms with Crippen LogP contribution >= 0.6 is 24.0 Å². The first kappa shape index (κ1) is 19.5. The number of hydrogen-bond acceptors (Lipinski definition) is 5. The maximum Gasteiger partial charge on any atom is 0.266 e. The highest BCUT2D eigenvalue weighted by Crippen LogP contribution is 2.35. The lowest BCUT2D eigenvalue weighted by Gasteiger charge is -2.17. The Balaban J connectivity index is 1.82. The number of hydrogen-bond donors (Lipinski definition) is 0. The van der Waals surface area contributed by atoms with Crippen LogP contribution in [-0.2, 0) is 4.79 Å². The van der Waals surface area contributed by atoms with E-state index in [1.54, 1.807) is 12.0 Å². The maximum atomic E-state index is 12.4. The van der Waals surface area contributed by atoms with E-state index in [1.165, 1.54) is 11.8 Å². The van der Waals surface area contributed by atoms with Crippen molar-refractivity contribution in [2.45, 2.75) is 20.0 Å². The van der Waals surface area contributed by atoms with Crippen LogP contribution in [0, 0.1) is 0 Å². The minimum absolute atomic E-state index is 0.0514. The van der Waals surface area contributed by atoms with Crippen LogP contribution in [0.2, 0.25) is 0 Å². The number of nitrogens with zero attached hydrogens (tertiary/aromatic N) is 1. The van der Waals surface area contributed by atoms with Crippen LogP contribution in [0.4, 0.5) is 0 Å². The van der Waals surface area contributed by atoms with Crippen molar-refractivity contribution >= 4 is 40.3 Å². The molecule has 6 heteroatoms. The van der Waals surface area contributed by atoms with E-state index in [0.717, 1.165) is 11.1 Å². The van der Waals surface area contributed by atoms with Crippen LogP contribution < -0.4 is 9.47 Å². The van der Waals surface area contributed by atoms with E-state index in [1.807, 2.05) is 68.5 Å². The quantitative estimate of drug-likeness (QED) is 0.502. The predicted molar refractivity (Wildman–Crippen MR) is 114 cm³/mol. The van der Waals surface area contributed by atoms with Gasteiger partial charge in [-0.3, -0.25) is 9.69 Å². The Hall–Kier alpha value is -2.31. The molecule has 0 radical (unpaired) electrons. The lowest BCUT2D eigenvalue weighted by molar-refractivity contribution is -0.121. The molecule has 2 aromatic rings. The summed E-state index contributed by atoms with van der Waals surface area (Å²) >= 11 is 6.58. The summed E-state index contributed by atoms with van der Waals surface area (Å²) < 4.78 is 12.2. The average molecular weight is 400 g/mol. The first-order valence-corrected chi connectivity index (χ1v) is 9.91. The zero-order chi connectivity index (χ0) is 19.4. The molecule has 1 aliphatic heterocycles. The van der Waals surface area contributed by atoms with E-state index in [4.69, 9.17) is 21.7 Å². The highest BCUT2D eigenvalue weighted by Gasteiger charge is 2.30. The normalized spacial score (nSPS) is 16.7. The molecule has 27 heavy (non-hydrogen) atoms. The zero-order valence-electron chi connectivity index (χ0n) is 15.5. The minimum Gasteiger partial charge on any atom is -0.493 e. The van der Waals surface area contributed by atoms with Gasteiger partial charge in [0.05, 0.1) is 12.0 Å². The third-order valence-corrected chi connectivity index (χ3v) is 5.63. The lowest BCUT2D eigenvalue weighted by atomic mass is 10.1. The number of rotatable bonds is 6. The number of likely N-dealkylation sites (N-methyl/N-ethyl adjacent to an activating group) is 1. The molecule has 1 saturated heterocycles. The van der Waals surface area contributed by atoms with Gasteiger partial charge in [-0.25, -0.2) is 0 Å². The van der Waals surface area contributed by atoms with Crippen molar-refractivity contribution in [3.63, 3.8) is 0 Å². The number of carbonyl (C=O) groups is 1. The minimum atomic E-state index is -0.105. The van der Waals surface area contributed by atoms with Gasteiger partial charge in [0.15, 0.2) is 11.5 Å². The van der Waals surface area contributed by atoms with E-state index in [0.29, 0.717) is 27.3 Å². The zero-order valence-corrected chi connectivity index (χ0v) is 17.1. The molecular formula is C21H21NO3S2. The van der Waals surface area contributed by atoms with Gasteiger partial charge in [-0.15, -0.1) is 0 Å². The number of carbonyl (C=O) groups excluding carboxylic acids is 1. The second-order valence-corrected chi connectivity index (χ2v) is 7.68. The Bertz CT molecular complexity index is 880. The summed E-state index contributed by atoms with van der Waals surface area (Å²) in [5.74, 6) is 1.23. The topological polar surface area (TPSA) is 38.8 Å². The fraction of sp³-hybridized carbons (Fsp3) is 0.238. The van der Waals surface area contributed by atoms with E-state index < -0.39 is 0 Å². The number of thiocarbonyl (C=S) groups is 1. The summed E-state index contributed by atoms with van der Waals surface area (Å²) in [7, 11) is 1.61. The Labute approximate surface area is 169 Å². The smallest absolute Gasteiger partial charge is 0.266 e. The van der Waals surface area contributed by atoms with Crippen molar-refractivity contribution in [2.75, 3.05) is 13.7 Å². The van der Waals surface area contributed by atoms with E-state index >= 15 is 0 Å². The van der Waals surface area contributed by atoms with Crippen molar-refractivity contribution in [2.24, 2.45) is 0 Å². The van der Waals surface area contributed by atoms with Gasteiger partial charge in [0.2, 0.25) is 0 Å². The molecule has 1 aliphatic rings. The fourth-order valence-electron chi connectivity index (χ4n) is 2.78. The van der Waals surface area contributed by atoms with E-state index in [9.17, 15) is 4.79 Å². The molecule has 2 aromatic carbocycles. The van der Waals surface area contributed by atoms with Crippen LogP contribution in [0.5, 0.6) is 11.5 Å². The van der Waals surface area contributed by atoms with Crippen LogP contribution in [0.3, 0.4) is 0 Å². The van der Waals surface area contributed by atoms with Crippen molar-refractivity contribution < 1.29 is 14.3 Å². The maximum absolute atomic E-state index is 12.4. The van der Waals surface area contributed by atoms with Gasteiger partial charge in [-0.1, -0.05) is 60.4 Å². The van der Waals surface area contributed by atoms with Crippen molar-refractivity contribution in [3.8, 4) is 11.5 Å². The molecule has 1 atom stereocenters. The molecule has 140 valence electrons. The third kappa shape index (κ3) is 4.34. The van der Waals surface area contributed by atoms with Gasteiger partial charge in [-0.05, 0) is 43.2 Å². The Morgan fingerprint density at radius 1 is 1.19 bits per heavy atom. The largest absolute Gasteiger partial charge is 0.493 e. The van der Waals surface area contributed by atoms with E-state index in [-0.39, 0.29) is 12.0 Å². The number of amides is 1. The van der Waals surface area contributed by atoms with Crippen molar-refractivity contribution in [1.29, 1.82) is 0 Å². The summed E-state index contributed by atoms with van der Waals surface area (Å²) in [4.78, 5) is 14.6. The molecule has 0 bridgehead atoms. The Kier molecular flexibility index (Phi) is 6.19. The van der Waals surface area contributed by atoms with Gasteiger partial charge in [0, 0.05) is 6.54 Å². The first-order valence-electron chi connectivity index (χ1n) is 8.68. The van der Waals surface area contributed by atoms with Crippen LogP contribution in [-0.4, -0.2) is 28.8 Å². The fourth-order valence-corrected chi connectivity index (χ4v) is 4.16. The number of thioether (sulfide) groups is 1. The summed E-state index contributed by atoms with van der Waals surface area (Å²) in [6.45, 7) is 4.49. The van der Waals surface area contributed by atoms with E-state index in [2.05, 4.69) is 0 Å². The molecule has 1 unspecified atom stereocenters. The van der Waals surface area contributed by atoms with Gasteiger partial charge < -0.3 is 9.47 Å². The molecule has 0 aliphatic carbocycles. The molecule has 0 aromatic heterocycles. The molecule has 0 spiro atoms. The van der Waals surface area contributed by atoms with Crippen molar-refractivity contribution in [3.05, 3.63) is 64.6 Å². The number of methoxy groups -OCH3 is 1. The van der Waals surface area contributed by atoms with Crippen molar-refractivity contribution in [1.82, 2.24) is 4.90 Å². The Morgan fingerprint density at radius 2 is 1.93 bits per heavy atom. The summed E-state index contributed by atoms with van der Waals surface area (Å²) in [5.41, 5.74) is 1.95. The third-order valence-electron chi connectivity index (χ3n) is 4.25. The Morgan fingerprint density at radius 3 is 2.56 bits per heavy atom. The first-order chi connectivity index (χ1) is 13.0. The van der Waals surface area contributed by atoms with Gasteiger partial charge in [0.1, 0.15) is 10.4 Å². The highest BCUT2D eigenvalue weighted by molar-refractivity contribution is 8.26. The summed E-state index contributed by atoms with van der Waals surface area (Å²) in [6.07, 6.45) is 1.73. The van der Waals surface area contributed by atoms with Crippen LogP contribution in [0.15, 0.2) is 53.4 Å². The highest BCUT2D eigenvalue weighted by atomic mass is 32.2. The molecule has 0 N–H and O–H groups in total. The monoisotopic (exact) mass is 399 g/mol. The second-order valence-electron chi connectivity index (χ2n) is 6.01. The van der Waals surface area contributed by atoms with Gasteiger partial charge in [-0.2, -0.15) is 0 Å². The number of ether oxygens (including phenoxy) is 2. The SMILES string of the molecule is CCN1C(=O)C(=Cc2ccc(OC(C)c3ccccc3)c(OC)c2)SC1=S. The second kappa shape index (κ2) is 8.59. The van der Waals surface area contributed by atoms with Crippen LogP contribution in [0.25, 0.3) is 6.08 Å². The van der Waals surface area contributed by atoms with Gasteiger partial charge >= 0.3 is 0 Å². The summed E-state index contributed by atoms with van der Waals surface area (Å²) in [5, 5.41) is 0. The summed E-state index contributed by atoms with van der Waals surface area (Å²) in [6, 6.07) is 15.7. The lowest BCUT2D eigenvalue weighted by Crippen LogP contribution is -2.27. The molecule has 3 rings (SSSR count).